The maximum Gasteiger partial charge on any atom is 0.254 e. The van der Waals surface area contributed by atoms with Gasteiger partial charge in [-0.1, -0.05) is 12.1 Å². The number of hydrogen-bond acceptors (Lipinski definition) is 4. The molecule has 1 aromatic heterocycles. The van der Waals surface area contributed by atoms with Crippen LogP contribution in [0.2, 0.25) is 0 Å². The molecule has 0 saturated carbocycles. The summed E-state index contributed by atoms with van der Waals surface area (Å²) in [6, 6.07) is 8.94. The van der Waals surface area contributed by atoms with E-state index in [1.165, 1.54) is 6.26 Å². The number of hydrogen-bond donors (Lipinski definition) is 3. The first-order valence-electron chi connectivity index (χ1n) is 7.00. The molecule has 0 radical (unpaired) electrons. The third-order valence-corrected chi connectivity index (χ3v) is 3.23. The molecule has 0 atom stereocenters. The first-order chi connectivity index (χ1) is 10.6. The van der Waals surface area contributed by atoms with Crippen molar-refractivity contribution in [3.8, 4) is 0 Å². The lowest BCUT2D eigenvalue weighted by molar-refractivity contribution is 0.0948. The summed E-state index contributed by atoms with van der Waals surface area (Å²) in [4.78, 5) is 23.5. The van der Waals surface area contributed by atoms with Gasteiger partial charge in [-0.05, 0) is 30.2 Å². The molecule has 0 spiro atoms. The Labute approximate surface area is 140 Å². The summed E-state index contributed by atoms with van der Waals surface area (Å²) in [5.41, 5.74) is 7.48. The SMILES string of the molecule is CNC(=O)c1cccc(CCNC(=O)c2coc(CN)c2)c1.Cl. The van der Waals surface area contributed by atoms with Gasteiger partial charge in [0.15, 0.2) is 0 Å². The standard InChI is InChI=1S/C16H19N3O3.ClH/c1-18-15(20)12-4-2-3-11(7-12)5-6-19-16(21)13-8-14(9-17)22-10-13;/h2-4,7-8,10H,5-6,9,17H2,1H3,(H,18,20)(H,19,21);1H. The first kappa shape index (κ1) is 18.7. The Kier molecular flexibility index (Phi) is 7.31. The predicted octanol–water partition coefficient (Wildman–Crippen LogP) is 1.49. The van der Waals surface area contributed by atoms with E-state index in [0.717, 1.165) is 5.56 Å². The van der Waals surface area contributed by atoms with Gasteiger partial charge in [-0.15, -0.1) is 12.4 Å². The maximum atomic E-state index is 11.9. The van der Waals surface area contributed by atoms with Crippen molar-refractivity contribution in [3.05, 3.63) is 59.0 Å². The van der Waals surface area contributed by atoms with Crippen LogP contribution in [-0.4, -0.2) is 25.4 Å². The molecule has 124 valence electrons. The maximum absolute atomic E-state index is 11.9. The van der Waals surface area contributed by atoms with E-state index >= 15 is 0 Å². The molecule has 6 nitrogen and oxygen atoms in total. The number of nitrogens with two attached hydrogens (primary N) is 1. The average Bonchev–Trinajstić information content (AvgIpc) is 3.03. The van der Waals surface area contributed by atoms with E-state index in [2.05, 4.69) is 10.6 Å². The van der Waals surface area contributed by atoms with E-state index in [4.69, 9.17) is 10.2 Å². The van der Waals surface area contributed by atoms with Crippen LogP contribution in [0.25, 0.3) is 0 Å². The van der Waals surface area contributed by atoms with Crippen LogP contribution in [0.1, 0.15) is 32.0 Å². The minimum atomic E-state index is -0.203. The molecular weight excluding hydrogens is 318 g/mol. The minimum absolute atomic E-state index is 0. The summed E-state index contributed by atoms with van der Waals surface area (Å²) in [6.45, 7) is 0.735. The molecule has 2 rings (SSSR count). The van der Waals surface area contributed by atoms with Crippen LogP contribution in [0.15, 0.2) is 41.0 Å². The van der Waals surface area contributed by atoms with Gasteiger partial charge in [-0.25, -0.2) is 0 Å². The molecule has 0 aliphatic rings. The predicted molar refractivity (Wildman–Crippen MR) is 89.7 cm³/mol. The number of furan rings is 1. The van der Waals surface area contributed by atoms with Crippen molar-refractivity contribution in [2.45, 2.75) is 13.0 Å². The van der Waals surface area contributed by atoms with Gasteiger partial charge in [0.2, 0.25) is 0 Å². The first-order valence-corrected chi connectivity index (χ1v) is 7.00. The highest BCUT2D eigenvalue weighted by Crippen LogP contribution is 2.08. The fraction of sp³-hybridized carbons (Fsp3) is 0.250. The fourth-order valence-electron chi connectivity index (χ4n) is 2.04. The van der Waals surface area contributed by atoms with Gasteiger partial charge in [0, 0.05) is 19.2 Å². The molecule has 0 fully saturated rings. The summed E-state index contributed by atoms with van der Waals surface area (Å²) in [5.74, 6) is 0.243. The molecule has 23 heavy (non-hydrogen) atoms. The summed E-state index contributed by atoms with van der Waals surface area (Å²) in [7, 11) is 1.59. The molecule has 1 heterocycles. The van der Waals surface area contributed by atoms with Gasteiger partial charge in [0.05, 0.1) is 12.1 Å². The number of nitrogens with one attached hydrogen (secondary N) is 2. The third kappa shape index (κ3) is 5.12. The second-order valence-corrected chi connectivity index (χ2v) is 4.79. The summed E-state index contributed by atoms with van der Waals surface area (Å²) >= 11 is 0. The highest BCUT2D eigenvalue weighted by atomic mass is 35.5. The second kappa shape index (κ2) is 8.97. The number of carbonyl (C=O) groups is 2. The zero-order valence-corrected chi connectivity index (χ0v) is 13.6. The largest absolute Gasteiger partial charge is 0.467 e. The second-order valence-electron chi connectivity index (χ2n) is 4.79. The van der Waals surface area contributed by atoms with Gasteiger partial charge in [0.1, 0.15) is 12.0 Å². The van der Waals surface area contributed by atoms with Crippen LogP contribution in [0.3, 0.4) is 0 Å². The number of benzene rings is 1. The van der Waals surface area contributed by atoms with Gasteiger partial charge in [-0.3, -0.25) is 9.59 Å². The van der Waals surface area contributed by atoms with Crippen molar-refractivity contribution in [1.82, 2.24) is 10.6 Å². The Morgan fingerprint density at radius 3 is 2.61 bits per heavy atom. The quantitative estimate of drug-likeness (QED) is 0.744. The Morgan fingerprint density at radius 2 is 1.96 bits per heavy atom. The Balaban J connectivity index is 0.00000264. The van der Waals surface area contributed by atoms with Crippen molar-refractivity contribution in [1.29, 1.82) is 0 Å². The number of rotatable bonds is 6. The van der Waals surface area contributed by atoms with E-state index < -0.39 is 0 Å². The molecule has 0 unspecified atom stereocenters. The monoisotopic (exact) mass is 337 g/mol. The minimum Gasteiger partial charge on any atom is -0.467 e. The molecule has 4 N–H and O–H groups in total. The van der Waals surface area contributed by atoms with E-state index in [9.17, 15) is 9.59 Å². The zero-order chi connectivity index (χ0) is 15.9. The van der Waals surface area contributed by atoms with Crippen LogP contribution < -0.4 is 16.4 Å². The third-order valence-electron chi connectivity index (χ3n) is 3.23. The Hall–Kier alpha value is -2.31. The smallest absolute Gasteiger partial charge is 0.254 e. The van der Waals surface area contributed by atoms with Crippen molar-refractivity contribution in [2.24, 2.45) is 5.73 Å². The lowest BCUT2D eigenvalue weighted by Crippen LogP contribution is -2.25. The number of carbonyl (C=O) groups excluding carboxylic acids is 2. The molecule has 0 aliphatic heterocycles. The summed E-state index contributed by atoms with van der Waals surface area (Å²) in [5, 5.41) is 5.39. The van der Waals surface area contributed by atoms with Crippen LogP contribution in [0.5, 0.6) is 0 Å². The molecule has 7 heteroatoms. The van der Waals surface area contributed by atoms with Crippen LogP contribution in [0.4, 0.5) is 0 Å². The van der Waals surface area contributed by atoms with Gasteiger partial charge in [0.25, 0.3) is 11.8 Å². The van der Waals surface area contributed by atoms with Gasteiger partial charge < -0.3 is 20.8 Å². The van der Waals surface area contributed by atoms with Crippen LogP contribution in [-0.2, 0) is 13.0 Å². The van der Waals surface area contributed by atoms with E-state index in [1.807, 2.05) is 18.2 Å². The lowest BCUT2D eigenvalue weighted by atomic mass is 10.1. The zero-order valence-electron chi connectivity index (χ0n) is 12.8. The molecule has 1 aromatic carbocycles. The fourth-order valence-corrected chi connectivity index (χ4v) is 2.04. The van der Waals surface area contributed by atoms with Crippen molar-refractivity contribution >= 4 is 24.2 Å². The highest BCUT2D eigenvalue weighted by molar-refractivity contribution is 5.94. The Bertz CT molecular complexity index is 670. The molecule has 2 amide bonds. The van der Waals surface area contributed by atoms with Crippen molar-refractivity contribution in [3.63, 3.8) is 0 Å². The van der Waals surface area contributed by atoms with Crippen LogP contribution in [0, 0.1) is 0 Å². The summed E-state index contributed by atoms with van der Waals surface area (Å²) in [6.07, 6.45) is 2.03. The normalized spacial score (nSPS) is 9.83. The molecule has 2 aromatic rings. The van der Waals surface area contributed by atoms with E-state index in [1.54, 1.807) is 19.2 Å². The highest BCUT2D eigenvalue weighted by Gasteiger charge is 2.09. The van der Waals surface area contributed by atoms with E-state index in [0.29, 0.717) is 29.9 Å². The van der Waals surface area contributed by atoms with Gasteiger partial charge >= 0.3 is 0 Å². The molecular formula is C16H20ClN3O3. The molecule has 0 saturated heterocycles. The topological polar surface area (TPSA) is 97.4 Å². The number of halogens is 1. The molecule has 0 bridgehead atoms. The average molecular weight is 338 g/mol. The lowest BCUT2D eigenvalue weighted by Gasteiger charge is -2.06. The van der Waals surface area contributed by atoms with Gasteiger partial charge in [-0.2, -0.15) is 0 Å². The van der Waals surface area contributed by atoms with Crippen molar-refractivity contribution in [2.75, 3.05) is 13.6 Å². The van der Waals surface area contributed by atoms with Crippen LogP contribution >= 0.6 is 12.4 Å². The van der Waals surface area contributed by atoms with E-state index in [-0.39, 0.29) is 30.8 Å². The van der Waals surface area contributed by atoms with Crippen molar-refractivity contribution < 1.29 is 14.0 Å². The summed E-state index contributed by atoms with van der Waals surface area (Å²) < 4.78 is 5.12. The molecule has 0 aliphatic carbocycles. The Morgan fingerprint density at radius 1 is 1.17 bits per heavy atom. The number of amides is 2.